The molecule has 0 aromatic heterocycles. The van der Waals surface area contributed by atoms with Gasteiger partial charge in [0.2, 0.25) is 0 Å². The number of methoxy groups -OCH3 is 1. The number of benzene rings is 1. The number of carbonyl (C=O) groups excluding carboxylic acids is 1. The van der Waals surface area contributed by atoms with Crippen LogP contribution in [-0.4, -0.2) is 13.1 Å². The molecule has 0 heterocycles. The molecule has 16 heavy (non-hydrogen) atoms. The molecule has 2 heteroatoms. The third-order valence-electron chi connectivity index (χ3n) is 2.45. The lowest BCUT2D eigenvalue weighted by Crippen LogP contribution is -2.10. The summed E-state index contributed by atoms with van der Waals surface area (Å²) in [6, 6.07) is 7.97. The Bertz CT molecular complexity index is 384. The van der Waals surface area contributed by atoms with E-state index in [9.17, 15) is 4.79 Å². The highest BCUT2D eigenvalue weighted by Crippen LogP contribution is 2.18. The molecule has 0 fully saturated rings. The molecule has 1 aromatic rings. The molecule has 0 amide bonds. The molecule has 0 saturated heterocycles. The van der Waals surface area contributed by atoms with E-state index >= 15 is 0 Å². The molecule has 0 saturated carbocycles. The first kappa shape index (κ1) is 12.5. The summed E-state index contributed by atoms with van der Waals surface area (Å²) in [7, 11) is 1.41. The van der Waals surface area contributed by atoms with Crippen LogP contribution in [0, 0.1) is 0 Å². The maximum Gasteiger partial charge on any atom is 0.312 e. The van der Waals surface area contributed by atoms with Crippen LogP contribution in [0.1, 0.15) is 37.8 Å². The van der Waals surface area contributed by atoms with Crippen molar-refractivity contribution in [3.8, 4) is 0 Å². The predicted molar refractivity (Wildman–Crippen MR) is 66.2 cm³/mol. The summed E-state index contributed by atoms with van der Waals surface area (Å²) in [6.07, 6.45) is 2.10. The van der Waals surface area contributed by atoms with Crippen molar-refractivity contribution < 1.29 is 9.53 Å². The van der Waals surface area contributed by atoms with Crippen LogP contribution in [0.3, 0.4) is 0 Å². The Kier molecular flexibility index (Phi) is 4.29. The molecule has 2 nitrogen and oxygen atoms in total. The second kappa shape index (κ2) is 5.50. The quantitative estimate of drug-likeness (QED) is 0.727. The molecule has 1 aromatic carbocycles. The molecule has 0 radical (unpaired) electrons. The number of carbonyl (C=O) groups is 1. The second-order valence-electron chi connectivity index (χ2n) is 4.13. The smallest absolute Gasteiger partial charge is 0.312 e. The van der Waals surface area contributed by atoms with Crippen LogP contribution in [0.5, 0.6) is 0 Å². The summed E-state index contributed by atoms with van der Waals surface area (Å²) in [5.41, 5.74) is 3.40. The number of allylic oxidation sites excluding steroid dienone is 1. The number of ether oxygens (including phenoxy) is 1. The first-order valence-corrected chi connectivity index (χ1v) is 5.37. The van der Waals surface area contributed by atoms with Gasteiger partial charge >= 0.3 is 5.97 Å². The van der Waals surface area contributed by atoms with Gasteiger partial charge in [-0.3, -0.25) is 4.79 Å². The highest BCUT2D eigenvalue weighted by molar-refractivity contribution is 5.77. The van der Waals surface area contributed by atoms with Crippen LogP contribution in [-0.2, 0) is 9.53 Å². The molecule has 0 aliphatic heterocycles. The van der Waals surface area contributed by atoms with Gasteiger partial charge < -0.3 is 4.74 Å². The first-order chi connectivity index (χ1) is 7.54. The zero-order chi connectivity index (χ0) is 12.1. The lowest BCUT2D eigenvalue weighted by atomic mass is 9.99. The molecule has 86 valence electrons. The summed E-state index contributed by atoms with van der Waals surface area (Å²) in [6.45, 7) is 5.97. The van der Waals surface area contributed by atoms with E-state index in [1.54, 1.807) is 0 Å². The Morgan fingerprint density at radius 1 is 1.25 bits per heavy atom. The van der Waals surface area contributed by atoms with Crippen molar-refractivity contribution in [3.05, 3.63) is 41.0 Å². The maximum absolute atomic E-state index is 11.3. The zero-order valence-corrected chi connectivity index (χ0v) is 10.3. The Morgan fingerprint density at radius 2 is 1.81 bits per heavy atom. The van der Waals surface area contributed by atoms with E-state index < -0.39 is 0 Å². The van der Waals surface area contributed by atoms with Crippen molar-refractivity contribution in [2.75, 3.05) is 7.11 Å². The lowest BCUT2D eigenvalue weighted by molar-refractivity contribution is -0.141. The van der Waals surface area contributed by atoms with Crippen LogP contribution < -0.4 is 0 Å². The van der Waals surface area contributed by atoms with Crippen LogP contribution in [0.25, 0.3) is 6.08 Å². The van der Waals surface area contributed by atoms with Gasteiger partial charge in [-0.25, -0.2) is 0 Å². The average molecular weight is 218 g/mol. The topological polar surface area (TPSA) is 26.3 Å². The molecule has 0 bridgehead atoms. The average Bonchev–Trinajstić information content (AvgIpc) is 2.27. The Balaban J connectivity index is 2.86. The molecule has 0 spiro atoms. The van der Waals surface area contributed by atoms with Gasteiger partial charge in [0.15, 0.2) is 0 Å². The van der Waals surface area contributed by atoms with Crippen LogP contribution in [0.15, 0.2) is 29.8 Å². The Morgan fingerprint density at radius 3 is 2.25 bits per heavy atom. The summed E-state index contributed by atoms with van der Waals surface area (Å²) >= 11 is 0. The summed E-state index contributed by atoms with van der Waals surface area (Å²) < 4.78 is 4.71. The van der Waals surface area contributed by atoms with Crippen LogP contribution >= 0.6 is 0 Å². The number of esters is 1. The fraction of sp³-hybridized carbons (Fsp3) is 0.357. The number of hydrogen-bond acceptors (Lipinski definition) is 2. The van der Waals surface area contributed by atoms with Gasteiger partial charge in [0.05, 0.1) is 13.0 Å². The molecule has 0 aliphatic rings. The van der Waals surface area contributed by atoms with Gasteiger partial charge in [-0.1, -0.05) is 35.9 Å². The second-order valence-corrected chi connectivity index (χ2v) is 4.13. The van der Waals surface area contributed by atoms with E-state index in [0.717, 1.165) is 11.1 Å². The molecule has 0 aliphatic carbocycles. The Hall–Kier alpha value is -1.57. The van der Waals surface area contributed by atoms with Crippen molar-refractivity contribution in [2.24, 2.45) is 0 Å². The molecule has 1 rings (SSSR count). The van der Waals surface area contributed by atoms with Crippen molar-refractivity contribution in [1.29, 1.82) is 0 Å². The summed E-state index contributed by atoms with van der Waals surface area (Å²) in [4.78, 5) is 11.3. The summed E-state index contributed by atoms with van der Waals surface area (Å²) in [5, 5.41) is 0. The highest BCUT2D eigenvalue weighted by Gasteiger charge is 2.14. The molecular formula is C14H18O2. The maximum atomic E-state index is 11.3. The van der Waals surface area contributed by atoms with E-state index in [1.165, 1.54) is 12.7 Å². The summed E-state index contributed by atoms with van der Waals surface area (Å²) in [5.74, 6) is -0.402. The SMILES string of the molecule is COC(=O)[C@@H](C)c1ccc(C=C(C)C)cc1. The normalized spacial score (nSPS) is 11.8. The van der Waals surface area contributed by atoms with Crippen molar-refractivity contribution >= 4 is 12.0 Å². The van der Waals surface area contributed by atoms with E-state index in [-0.39, 0.29) is 11.9 Å². The lowest BCUT2D eigenvalue weighted by Gasteiger charge is -2.09. The van der Waals surface area contributed by atoms with Gasteiger partial charge in [-0.05, 0) is 31.9 Å². The molecule has 1 atom stereocenters. The van der Waals surface area contributed by atoms with Crippen LogP contribution in [0.4, 0.5) is 0 Å². The van der Waals surface area contributed by atoms with Crippen LogP contribution in [0.2, 0.25) is 0 Å². The monoisotopic (exact) mass is 218 g/mol. The van der Waals surface area contributed by atoms with Crippen molar-refractivity contribution in [2.45, 2.75) is 26.7 Å². The largest absolute Gasteiger partial charge is 0.469 e. The molecule has 0 unspecified atom stereocenters. The van der Waals surface area contributed by atoms with E-state index in [4.69, 9.17) is 4.74 Å². The van der Waals surface area contributed by atoms with Gasteiger partial charge in [0, 0.05) is 0 Å². The van der Waals surface area contributed by atoms with Gasteiger partial charge in [0.25, 0.3) is 0 Å². The fourth-order valence-electron chi connectivity index (χ4n) is 1.53. The third kappa shape index (κ3) is 3.23. The Labute approximate surface area is 96.9 Å². The standard InChI is InChI=1S/C14H18O2/c1-10(2)9-12-5-7-13(8-6-12)11(3)14(15)16-4/h5-9,11H,1-4H3/t11-/m0/s1. The minimum atomic E-state index is -0.203. The molecule has 0 N–H and O–H groups in total. The molecular weight excluding hydrogens is 200 g/mol. The predicted octanol–water partition coefficient (Wildman–Crippen LogP) is 3.39. The van der Waals surface area contributed by atoms with Crippen molar-refractivity contribution in [3.63, 3.8) is 0 Å². The van der Waals surface area contributed by atoms with Gasteiger partial charge in [-0.15, -0.1) is 0 Å². The van der Waals surface area contributed by atoms with Crippen molar-refractivity contribution in [1.82, 2.24) is 0 Å². The van der Waals surface area contributed by atoms with E-state index in [1.807, 2.05) is 31.2 Å². The number of hydrogen-bond donors (Lipinski definition) is 0. The zero-order valence-electron chi connectivity index (χ0n) is 10.3. The fourth-order valence-corrected chi connectivity index (χ4v) is 1.53. The minimum absolute atomic E-state index is 0.199. The minimum Gasteiger partial charge on any atom is -0.469 e. The van der Waals surface area contributed by atoms with E-state index in [0.29, 0.717) is 0 Å². The van der Waals surface area contributed by atoms with Gasteiger partial charge in [0.1, 0.15) is 0 Å². The first-order valence-electron chi connectivity index (χ1n) is 5.37. The highest BCUT2D eigenvalue weighted by atomic mass is 16.5. The number of rotatable bonds is 3. The van der Waals surface area contributed by atoms with E-state index in [2.05, 4.69) is 19.9 Å². The van der Waals surface area contributed by atoms with Gasteiger partial charge in [-0.2, -0.15) is 0 Å². The third-order valence-corrected chi connectivity index (χ3v) is 2.45.